The van der Waals surface area contributed by atoms with Crippen molar-refractivity contribution in [3.63, 3.8) is 0 Å². The molecule has 0 amide bonds. The van der Waals surface area contributed by atoms with Crippen LogP contribution in [0.3, 0.4) is 0 Å². The molecule has 1 aromatic carbocycles. The SMILES string of the molecule is CCNCc1cc(S(=O)(=O)N(C)CCOC)ccc1F. The summed E-state index contributed by atoms with van der Waals surface area (Å²) in [7, 11) is -0.636. The average molecular weight is 304 g/mol. The van der Waals surface area contributed by atoms with Crippen molar-refractivity contribution in [2.45, 2.75) is 18.4 Å². The van der Waals surface area contributed by atoms with Crippen LogP contribution in [0.4, 0.5) is 4.39 Å². The topological polar surface area (TPSA) is 58.6 Å². The maximum Gasteiger partial charge on any atom is 0.242 e. The number of nitrogens with zero attached hydrogens (tertiary/aromatic N) is 1. The van der Waals surface area contributed by atoms with Gasteiger partial charge in [0.2, 0.25) is 10.0 Å². The molecular weight excluding hydrogens is 283 g/mol. The van der Waals surface area contributed by atoms with E-state index in [1.807, 2.05) is 6.92 Å². The fourth-order valence-electron chi connectivity index (χ4n) is 1.63. The smallest absolute Gasteiger partial charge is 0.242 e. The van der Waals surface area contributed by atoms with Crippen molar-refractivity contribution >= 4 is 10.0 Å². The molecule has 0 saturated carbocycles. The van der Waals surface area contributed by atoms with E-state index < -0.39 is 15.8 Å². The maximum absolute atomic E-state index is 13.6. The van der Waals surface area contributed by atoms with E-state index in [1.165, 1.54) is 36.7 Å². The Bertz CT molecular complexity index is 534. The molecule has 114 valence electrons. The van der Waals surface area contributed by atoms with Crippen LogP contribution in [0.1, 0.15) is 12.5 Å². The molecule has 0 fully saturated rings. The van der Waals surface area contributed by atoms with Gasteiger partial charge in [-0.05, 0) is 24.7 Å². The molecule has 1 N–H and O–H groups in total. The molecule has 0 unspecified atom stereocenters. The fourth-order valence-corrected chi connectivity index (χ4v) is 2.83. The first-order valence-corrected chi connectivity index (χ1v) is 7.82. The number of halogens is 1. The van der Waals surface area contributed by atoms with Crippen LogP contribution in [-0.2, 0) is 21.3 Å². The van der Waals surface area contributed by atoms with Gasteiger partial charge in [-0.25, -0.2) is 12.8 Å². The van der Waals surface area contributed by atoms with Crippen molar-refractivity contribution in [2.75, 3.05) is 33.9 Å². The number of methoxy groups -OCH3 is 1. The maximum atomic E-state index is 13.6. The van der Waals surface area contributed by atoms with Gasteiger partial charge < -0.3 is 10.1 Å². The van der Waals surface area contributed by atoms with Crippen molar-refractivity contribution in [2.24, 2.45) is 0 Å². The van der Waals surface area contributed by atoms with Crippen LogP contribution in [0.25, 0.3) is 0 Å². The van der Waals surface area contributed by atoms with Gasteiger partial charge in [-0.2, -0.15) is 4.31 Å². The summed E-state index contributed by atoms with van der Waals surface area (Å²) >= 11 is 0. The molecule has 0 heterocycles. The normalized spacial score (nSPS) is 12.1. The number of hydrogen-bond donors (Lipinski definition) is 1. The zero-order valence-electron chi connectivity index (χ0n) is 12.0. The van der Waals surface area contributed by atoms with Gasteiger partial charge in [0.15, 0.2) is 0 Å². The number of likely N-dealkylation sites (N-methyl/N-ethyl adjacent to an activating group) is 1. The molecule has 1 aromatic rings. The highest BCUT2D eigenvalue weighted by molar-refractivity contribution is 7.89. The van der Waals surface area contributed by atoms with Crippen LogP contribution in [0, 0.1) is 5.82 Å². The molecule has 0 atom stereocenters. The Morgan fingerprint density at radius 3 is 2.70 bits per heavy atom. The Balaban J connectivity index is 3.00. The number of sulfonamides is 1. The molecule has 20 heavy (non-hydrogen) atoms. The molecule has 0 aromatic heterocycles. The van der Waals surface area contributed by atoms with E-state index >= 15 is 0 Å². The minimum atomic E-state index is -3.62. The Morgan fingerprint density at radius 2 is 2.10 bits per heavy atom. The van der Waals surface area contributed by atoms with Gasteiger partial charge in [-0.1, -0.05) is 6.92 Å². The highest BCUT2D eigenvalue weighted by atomic mass is 32.2. The molecule has 1 rings (SSSR count). The second-order valence-corrected chi connectivity index (χ2v) is 6.40. The minimum absolute atomic E-state index is 0.0883. The molecule has 5 nitrogen and oxygen atoms in total. The van der Waals surface area contributed by atoms with E-state index in [0.29, 0.717) is 25.3 Å². The van der Waals surface area contributed by atoms with E-state index in [4.69, 9.17) is 4.74 Å². The number of benzene rings is 1. The molecule has 7 heteroatoms. The predicted molar refractivity (Wildman–Crippen MR) is 75.5 cm³/mol. The first kappa shape index (κ1) is 17.0. The van der Waals surface area contributed by atoms with Crippen molar-refractivity contribution in [3.8, 4) is 0 Å². The van der Waals surface area contributed by atoms with Crippen molar-refractivity contribution in [3.05, 3.63) is 29.6 Å². The Kier molecular flexibility index (Phi) is 6.54. The summed E-state index contributed by atoms with van der Waals surface area (Å²) in [6.07, 6.45) is 0. The summed E-state index contributed by atoms with van der Waals surface area (Å²) in [5.41, 5.74) is 0.341. The Labute approximate surface area is 119 Å². The summed E-state index contributed by atoms with van der Waals surface area (Å²) in [6, 6.07) is 3.84. The third-order valence-electron chi connectivity index (χ3n) is 2.90. The number of nitrogens with one attached hydrogen (secondary N) is 1. The summed E-state index contributed by atoms with van der Waals surface area (Å²) in [4.78, 5) is 0.0883. The van der Waals surface area contributed by atoms with Gasteiger partial charge >= 0.3 is 0 Å². The number of hydrogen-bond acceptors (Lipinski definition) is 4. The first-order chi connectivity index (χ1) is 9.43. The standard InChI is InChI=1S/C13H21FN2O3S/c1-4-15-10-11-9-12(5-6-13(11)14)20(17,18)16(2)7-8-19-3/h5-6,9,15H,4,7-8,10H2,1-3H3. The molecule has 0 aliphatic rings. The quantitative estimate of drug-likeness (QED) is 0.784. The van der Waals surface area contributed by atoms with E-state index in [0.717, 1.165) is 0 Å². The van der Waals surface area contributed by atoms with Crippen LogP contribution in [0.15, 0.2) is 23.1 Å². The van der Waals surface area contributed by atoms with E-state index in [2.05, 4.69) is 5.32 Å². The Morgan fingerprint density at radius 1 is 1.40 bits per heavy atom. The highest BCUT2D eigenvalue weighted by Gasteiger charge is 2.21. The average Bonchev–Trinajstić information content (AvgIpc) is 2.43. The lowest BCUT2D eigenvalue weighted by Crippen LogP contribution is -2.30. The van der Waals surface area contributed by atoms with Crippen LogP contribution in [0.5, 0.6) is 0 Å². The van der Waals surface area contributed by atoms with E-state index in [9.17, 15) is 12.8 Å². The molecule has 0 aliphatic heterocycles. The largest absolute Gasteiger partial charge is 0.383 e. The zero-order chi connectivity index (χ0) is 15.2. The van der Waals surface area contributed by atoms with Gasteiger partial charge in [-0.15, -0.1) is 0 Å². The van der Waals surface area contributed by atoms with Gasteiger partial charge in [-0.3, -0.25) is 0 Å². The summed E-state index contributed by atoms with van der Waals surface area (Å²) < 4.78 is 44.3. The molecule has 0 radical (unpaired) electrons. The van der Waals surface area contributed by atoms with Gasteiger partial charge in [0, 0.05) is 32.8 Å². The monoisotopic (exact) mass is 304 g/mol. The van der Waals surface area contributed by atoms with Crippen LogP contribution in [-0.4, -0.2) is 46.6 Å². The molecule has 0 aliphatic carbocycles. The molecule has 0 bridgehead atoms. The van der Waals surface area contributed by atoms with Crippen molar-refractivity contribution < 1.29 is 17.5 Å². The van der Waals surface area contributed by atoms with Gasteiger partial charge in [0.25, 0.3) is 0 Å². The zero-order valence-corrected chi connectivity index (χ0v) is 12.8. The van der Waals surface area contributed by atoms with Gasteiger partial charge in [0.05, 0.1) is 11.5 Å². The third kappa shape index (κ3) is 4.24. The van der Waals surface area contributed by atoms with Crippen LogP contribution >= 0.6 is 0 Å². The number of ether oxygens (including phenoxy) is 1. The third-order valence-corrected chi connectivity index (χ3v) is 4.75. The lowest BCUT2D eigenvalue weighted by Gasteiger charge is -2.17. The highest BCUT2D eigenvalue weighted by Crippen LogP contribution is 2.18. The lowest BCUT2D eigenvalue weighted by atomic mass is 10.2. The van der Waals surface area contributed by atoms with Crippen LogP contribution < -0.4 is 5.32 Å². The Hall–Kier alpha value is -1.02. The summed E-state index contributed by atoms with van der Waals surface area (Å²) in [6.45, 7) is 3.44. The first-order valence-electron chi connectivity index (χ1n) is 6.38. The van der Waals surface area contributed by atoms with Crippen molar-refractivity contribution in [1.29, 1.82) is 0 Å². The summed E-state index contributed by atoms with van der Waals surface area (Å²) in [5.74, 6) is -0.413. The van der Waals surface area contributed by atoms with Crippen LogP contribution in [0.2, 0.25) is 0 Å². The van der Waals surface area contributed by atoms with Crippen molar-refractivity contribution in [1.82, 2.24) is 9.62 Å². The van der Waals surface area contributed by atoms with E-state index in [1.54, 1.807) is 0 Å². The second kappa shape index (κ2) is 7.68. The van der Waals surface area contributed by atoms with E-state index in [-0.39, 0.29) is 11.4 Å². The lowest BCUT2D eigenvalue weighted by molar-refractivity contribution is 0.185. The fraction of sp³-hybridized carbons (Fsp3) is 0.538. The number of rotatable bonds is 8. The molecule has 0 saturated heterocycles. The minimum Gasteiger partial charge on any atom is -0.383 e. The molecular formula is C13H21FN2O3S. The molecule has 0 spiro atoms. The second-order valence-electron chi connectivity index (χ2n) is 4.35. The summed E-state index contributed by atoms with van der Waals surface area (Å²) in [5, 5.41) is 2.98. The van der Waals surface area contributed by atoms with Gasteiger partial charge in [0.1, 0.15) is 5.82 Å². The predicted octanol–water partition coefficient (Wildman–Crippen LogP) is 1.20.